The van der Waals surface area contributed by atoms with E-state index in [9.17, 15) is 8.42 Å². The molecule has 1 aliphatic rings. The van der Waals surface area contributed by atoms with Gasteiger partial charge in [-0.05, 0) is 49.9 Å². The first-order valence-corrected chi connectivity index (χ1v) is 8.56. The van der Waals surface area contributed by atoms with Gasteiger partial charge in [-0.1, -0.05) is 6.92 Å². The molecular formula is C14H23N3O2S. The number of anilines is 1. The molecular weight excluding hydrogens is 274 g/mol. The number of hydrogen-bond acceptors (Lipinski definition) is 4. The monoisotopic (exact) mass is 297 g/mol. The van der Waals surface area contributed by atoms with Crippen LogP contribution in [0.2, 0.25) is 0 Å². The summed E-state index contributed by atoms with van der Waals surface area (Å²) >= 11 is 0. The largest absolute Gasteiger partial charge is 0.383 e. The molecule has 0 radical (unpaired) electrons. The van der Waals surface area contributed by atoms with Crippen LogP contribution in [0.5, 0.6) is 0 Å². The second kappa shape index (κ2) is 6.11. The molecule has 20 heavy (non-hydrogen) atoms. The van der Waals surface area contributed by atoms with Crippen LogP contribution in [0.1, 0.15) is 32.6 Å². The van der Waals surface area contributed by atoms with E-state index in [1.807, 2.05) is 6.92 Å². The maximum absolute atomic E-state index is 11.9. The molecule has 5 nitrogen and oxygen atoms in total. The third kappa shape index (κ3) is 3.71. The van der Waals surface area contributed by atoms with E-state index in [-0.39, 0.29) is 5.54 Å². The second-order valence-corrected chi connectivity index (χ2v) is 7.26. The van der Waals surface area contributed by atoms with E-state index in [0.717, 1.165) is 31.5 Å². The molecule has 1 saturated carbocycles. The lowest BCUT2D eigenvalue weighted by Crippen LogP contribution is -2.51. The van der Waals surface area contributed by atoms with Gasteiger partial charge in [0, 0.05) is 24.3 Å². The van der Waals surface area contributed by atoms with Crippen molar-refractivity contribution in [3.63, 3.8) is 0 Å². The summed E-state index contributed by atoms with van der Waals surface area (Å²) in [6, 6.07) is 6.79. The van der Waals surface area contributed by atoms with Crippen LogP contribution in [-0.4, -0.2) is 27.0 Å². The lowest BCUT2D eigenvalue weighted by atomic mass is 9.78. The Bertz CT molecular complexity index is 536. The van der Waals surface area contributed by atoms with E-state index in [1.54, 1.807) is 24.3 Å². The third-order valence-corrected chi connectivity index (χ3v) is 5.18. The fourth-order valence-electron chi connectivity index (χ4n) is 2.16. The Morgan fingerprint density at radius 1 is 1.25 bits per heavy atom. The van der Waals surface area contributed by atoms with Crippen LogP contribution in [0.15, 0.2) is 29.2 Å². The molecule has 1 aromatic rings. The highest BCUT2D eigenvalue weighted by atomic mass is 32.2. The van der Waals surface area contributed by atoms with Crippen molar-refractivity contribution in [1.29, 1.82) is 0 Å². The third-order valence-electron chi connectivity index (χ3n) is 3.70. The van der Waals surface area contributed by atoms with Crippen molar-refractivity contribution in [1.82, 2.24) is 4.72 Å². The average Bonchev–Trinajstić information content (AvgIpc) is 2.41. The Balaban J connectivity index is 1.95. The van der Waals surface area contributed by atoms with Crippen molar-refractivity contribution < 1.29 is 8.42 Å². The van der Waals surface area contributed by atoms with Crippen LogP contribution in [0.25, 0.3) is 0 Å². The molecule has 0 amide bonds. The molecule has 1 aromatic carbocycles. The van der Waals surface area contributed by atoms with Crippen LogP contribution in [0, 0.1) is 0 Å². The lowest BCUT2D eigenvalue weighted by Gasteiger charge is -2.38. The summed E-state index contributed by atoms with van der Waals surface area (Å²) in [7, 11) is -3.38. The summed E-state index contributed by atoms with van der Waals surface area (Å²) in [5.41, 5.74) is 6.95. The topological polar surface area (TPSA) is 84.2 Å². The van der Waals surface area contributed by atoms with E-state index >= 15 is 0 Å². The van der Waals surface area contributed by atoms with E-state index in [1.165, 1.54) is 6.42 Å². The zero-order chi connectivity index (χ0) is 14.6. The minimum absolute atomic E-state index is 0.0899. The maximum Gasteiger partial charge on any atom is 0.240 e. The molecule has 1 aliphatic carbocycles. The number of benzene rings is 1. The fraction of sp³-hybridized carbons (Fsp3) is 0.571. The number of nitrogens with two attached hydrogens (primary N) is 1. The highest BCUT2D eigenvalue weighted by Crippen LogP contribution is 2.29. The van der Waals surface area contributed by atoms with Crippen molar-refractivity contribution in [3.8, 4) is 0 Å². The van der Waals surface area contributed by atoms with Gasteiger partial charge in [0.05, 0.1) is 4.90 Å². The van der Waals surface area contributed by atoms with Gasteiger partial charge in [-0.3, -0.25) is 0 Å². The van der Waals surface area contributed by atoms with Crippen LogP contribution < -0.4 is 15.8 Å². The molecule has 0 unspecified atom stereocenters. The molecule has 0 atom stereocenters. The number of rotatable bonds is 7. The lowest BCUT2D eigenvalue weighted by molar-refractivity contribution is 0.265. The van der Waals surface area contributed by atoms with Gasteiger partial charge in [-0.2, -0.15) is 0 Å². The van der Waals surface area contributed by atoms with Gasteiger partial charge in [-0.25, -0.2) is 13.1 Å². The molecule has 0 aromatic heterocycles. The first-order chi connectivity index (χ1) is 9.45. The maximum atomic E-state index is 11.9. The van der Waals surface area contributed by atoms with Gasteiger partial charge in [0.2, 0.25) is 10.0 Å². The Morgan fingerprint density at radius 2 is 1.90 bits per heavy atom. The minimum atomic E-state index is -3.38. The highest BCUT2D eigenvalue weighted by molar-refractivity contribution is 7.89. The number of nitrogens with one attached hydrogen (secondary N) is 2. The second-order valence-electron chi connectivity index (χ2n) is 5.49. The predicted octanol–water partition coefficient (Wildman–Crippen LogP) is 1.67. The summed E-state index contributed by atoms with van der Waals surface area (Å²) in [6.45, 7) is 3.11. The molecule has 0 saturated heterocycles. The Morgan fingerprint density at radius 3 is 2.40 bits per heavy atom. The molecule has 2 rings (SSSR count). The summed E-state index contributed by atoms with van der Waals surface area (Å²) in [5.74, 6) is 0. The molecule has 1 fully saturated rings. The highest BCUT2D eigenvalue weighted by Gasteiger charge is 2.31. The van der Waals surface area contributed by atoms with Crippen LogP contribution >= 0.6 is 0 Å². The fourth-order valence-corrected chi connectivity index (χ4v) is 3.29. The Labute approximate surface area is 121 Å². The first-order valence-electron chi connectivity index (χ1n) is 7.08. The Kier molecular flexibility index (Phi) is 4.67. The quantitative estimate of drug-likeness (QED) is 0.715. The molecule has 4 N–H and O–H groups in total. The SMILES string of the molecule is CCCNS(=O)(=O)c1ccc(NCC2(N)CCC2)cc1. The normalized spacial score (nSPS) is 17.5. The first kappa shape index (κ1) is 15.3. The van der Waals surface area contributed by atoms with Crippen LogP contribution in [-0.2, 0) is 10.0 Å². The zero-order valence-electron chi connectivity index (χ0n) is 11.9. The van der Waals surface area contributed by atoms with Crippen molar-refractivity contribution >= 4 is 15.7 Å². The standard InChI is InChI=1S/C14H23N3O2S/c1-2-10-17-20(18,19)13-6-4-12(5-7-13)16-11-14(15)8-3-9-14/h4-7,16-17H,2-3,8-11,15H2,1H3. The van der Waals surface area contributed by atoms with Gasteiger partial charge in [0.15, 0.2) is 0 Å². The Hall–Kier alpha value is -1.11. The van der Waals surface area contributed by atoms with Crippen molar-refractivity contribution in [2.45, 2.75) is 43.0 Å². The summed E-state index contributed by atoms with van der Waals surface area (Å²) in [6.07, 6.45) is 4.07. The van der Waals surface area contributed by atoms with Crippen molar-refractivity contribution in [2.24, 2.45) is 5.73 Å². The van der Waals surface area contributed by atoms with Gasteiger partial charge in [-0.15, -0.1) is 0 Å². The average molecular weight is 297 g/mol. The minimum Gasteiger partial charge on any atom is -0.383 e. The van der Waals surface area contributed by atoms with Crippen LogP contribution in [0.3, 0.4) is 0 Å². The van der Waals surface area contributed by atoms with E-state index in [4.69, 9.17) is 5.73 Å². The van der Waals surface area contributed by atoms with E-state index < -0.39 is 10.0 Å². The molecule has 0 heterocycles. The van der Waals surface area contributed by atoms with E-state index in [2.05, 4.69) is 10.0 Å². The molecule has 112 valence electrons. The molecule has 0 aliphatic heterocycles. The smallest absolute Gasteiger partial charge is 0.240 e. The van der Waals surface area contributed by atoms with Gasteiger partial charge >= 0.3 is 0 Å². The summed E-state index contributed by atoms with van der Waals surface area (Å²) in [5, 5.41) is 3.27. The van der Waals surface area contributed by atoms with Gasteiger partial charge in [0.1, 0.15) is 0 Å². The zero-order valence-corrected chi connectivity index (χ0v) is 12.7. The van der Waals surface area contributed by atoms with Gasteiger partial charge in [0.25, 0.3) is 0 Å². The van der Waals surface area contributed by atoms with Gasteiger partial charge < -0.3 is 11.1 Å². The van der Waals surface area contributed by atoms with Crippen LogP contribution in [0.4, 0.5) is 5.69 Å². The predicted molar refractivity (Wildman–Crippen MR) is 81.2 cm³/mol. The summed E-state index contributed by atoms with van der Waals surface area (Å²) in [4.78, 5) is 0.294. The number of hydrogen-bond donors (Lipinski definition) is 3. The van der Waals surface area contributed by atoms with Crippen molar-refractivity contribution in [3.05, 3.63) is 24.3 Å². The van der Waals surface area contributed by atoms with E-state index in [0.29, 0.717) is 11.4 Å². The molecule has 0 bridgehead atoms. The van der Waals surface area contributed by atoms with Crippen molar-refractivity contribution in [2.75, 3.05) is 18.4 Å². The molecule has 0 spiro atoms. The number of sulfonamides is 1. The summed E-state index contributed by atoms with van der Waals surface area (Å²) < 4.78 is 26.4. The molecule has 6 heteroatoms.